The highest BCUT2D eigenvalue weighted by Gasteiger charge is 2.36. The minimum absolute atomic E-state index is 0.0899. The number of carbonyl (C=O) groups excluding carboxylic acids is 1. The SMILES string of the molecule is CSc1ccc(C(=O)N[C@@H](c2cnn(C)c2)C2CC(O)C2)cc1. The van der Waals surface area contributed by atoms with Crippen LogP contribution in [0.2, 0.25) is 0 Å². The third-order valence-electron chi connectivity index (χ3n) is 4.34. The summed E-state index contributed by atoms with van der Waals surface area (Å²) in [5.41, 5.74) is 1.63. The summed E-state index contributed by atoms with van der Waals surface area (Å²) in [7, 11) is 1.86. The van der Waals surface area contributed by atoms with Crippen LogP contribution in [0.1, 0.15) is 34.8 Å². The second-order valence-corrected chi connectivity index (χ2v) is 6.89. The van der Waals surface area contributed by atoms with Crippen LogP contribution in [0.25, 0.3) is 0 Å². The van der Waals surface area contributed by atoms with Crippen LogP contribution in [0.15, 0.2) is 41.6 Å². The smallest absolute Gasteiger partial charge is 0.251 e. The van der Waals surface area contributed by atoms with Gasteiger partial charge in [0.15, 0.2) is 0 Å². The van der Waals surface area contributed by atoms with Gasteiger partial charge in [-0.3, -0.25) is 9.48 Å². The first-order valence-electron chi connectivity index (χ1n) is 7.68. The van der Waals surface area contributed by atoms with Crippen LogP contribution in [0.4, 0.5) is 0 Å². The summed E-state index contributed by atoms with van der Waals surface area (Å²) in [6.45, 7) is 0. The molecule has 1 atom stereocenters. The number of amides is 1. The number of nitrogens with one attached hydrogen (secondary N) is 1. The molecule has 1 aromatic carbocycles. The standard InChI is InChI=1S/C17H21N3O2S/c1-20-10-13(9-18-20)16(12-7-14(21)8-12)19-17(22)11-3-5-15(23-2)6-4-11/h3-6,9-10,12,14,16,21H,7-8H2,1-2H3,(H,19,22)/t12?,14?,16-/m1/s1. The van der Waals surface area contributed by atoms with E-state index in [1.54, 1.807) is 22.6 Å². The Morgan fingerprint density at radius 1 is 1.39 bits per heavy atom. The fraction of sp³-hybridized carbons (Fsp3) is 0.412. The Hall–Kier alpha value is -1.79. The minimum Gasteiger partial charge on any atom is -0.393 e. The quantitative estimate of drug-likeness (QED) is 0.826. The molecule has 5 nitrogen and oxygen atoms in total. The number of carbonyl (C=O) groups is 1. The van der Waals surface area contributed by atoms with Crippen LogP contribution in [0.5, 0.6) is 0 Å². The van der Waals surface area contributed by atoms with Crippen molar-refractivity contribution >= 4 is 17.7 Å². The van der Waals surface area contributed by atoms with E-state index in [1.165, 1.54) is 0 Å². The maximum absolute atomic E-state index is 12.6. The van der Waals surface area contributed by atoms with Crippen LogP contribution in [-0.2, 0) is 7.05 Å². The van der Waals surface area contributed by atoms with E-state index >= 15 is 0 Å². The first-order valence-corrected chi connectivity index (χ1v) is 8.91. The molecular formula is C17H21N3O2S. The van der Waals surface area contributed by atoms with Crippen molar-refractivity contribution in [2.24, 2.45) is 13.0 Å². The van der Waals surface area contributed by atoms with Crippen molar-refractivity contribution < 1.29 is 9.90 Å². The number of hydrogen-bond donors (Lipinski definition) is 2. The molecule has 0 aliphatic heterocycles. The fourth-order valence-electron chi connectivity index (χ4n) is 2.94. The van der Waals surface area contributed by atoms with Crippen molar-refractivity contribution in [3.05, 3.63) is 47.8 Å². The second kappa shape index (κ2) is 6.76. The number of rotatable bonds is 5. The lowest BCUT2D eigenvalue weighted by Gasteiger charge is -2.37. The number of thioether (sulfide) groups is 1. The molecule has 23 heavy (non-hydrogen) atoms. The van der Waals surface area contributed by atoms with Gasteiger partial charge in [0.2, 0.25) is 0 Å². The van der Waals surface area contributed by atoms with Crippen LogP contribution in [0, 0.1) is 5.92 Å². The third-order valence-corrected chi connectivity index (χ3v) is 5.09. The van der Waals surface area contributed by atoms with Crippen molar-refractivity contribution in [2.45, 2.75) is 29.9 Å². The molecule has 3 rings (SSSR count). The van der Waals surface area contributed by atoms with Crippen LogP contribution < -0.4 is 5.32 Å². The van der Waals surface area contributed by atoms with Gasteiger partial charge >= 0.3 is 0 Å². The molecule has 0 unspecified atom stereocenters. The Morgan fingerprint density at radius 3 is 2.61 bits per heavy atom. The van der Waals surface area contributed by atoms with E-state index in [4.69, 9.17) is 0 Å². The number of hydrogen-bond acceptors (Lipinski definition) is 4. The Labute approximate surface area is 140 Å². The van der Waals surface area contributed by atoms with Crippen molar-refractivity contribution in [1.82, 2.24) is 15.1 Å². The average Bonchev–Trinajstić information content (AvgIpc) is 2.96. The Morgan fingerprint density at radius 2 is 2.09 bits per heavy atom. The molecule has 1 fully saturated rings. The maximum atomic E-state index is 12.6. The lowest BCUT2D eigenvalue weighted by atomic mass is 9.75. The second-order valence-electron chi connectivity index (χ2n) is 6.01. The minimum atomic E-state index is -0.253. The van der Waals surface area contributed by atoms with Gasteiger partial charge in [-0.15, -0.1) is 11.8 Å². The van der Waals surface area contributed by atoms with Gasteiger partial charge in [-0.2, -0.15) is 5.10 Å². The van der Waals surface area contributed by atoms with Gasteiger partial charge < -0.3 is 10.4 Å². The largest absolute Gasteiger partial charge is 0.393 e. The monoisotopic (exact) mass is 331 g/mol. The molecule has 0 spiro atoms. The summed E-state index contributed by atoms with van der Waals surface area (Å²) in [4.78, 5) is 13.7. The topological polar surface area (TPSA) is 67.2 Å². The Bertz CT molecular complexity index is 677. The maximum Gasteiger partial charge on any atom is 0.251 e. The number of aromatic nitrogens is 2. The van der Waals surface area contributed by atoms with E-state index in [1.807, 2.05) is 43.8 Å². The Balaban J connectivity index is 1.75. The van der Waals surface area contributed by atoms with Crippen LogP contribution in [0.3, 0.4) is 0 Å². The van der Waals surface area contributed by atoms with Crippen molar-refractivity contribution in [3.63, 3.8) is 0 Å². The van der Waals surface area contributed by atoms with E-state index in [-0.39, 0.29) is 24.0 Å². The van der Waals surface area contributed by atoms with Crippen molar-refractivity contribution in [1.29, 1.82) is 0 Å². The van der Waals surface area contributed by atoms with E-state index in [9.17, 15) is 9.90 Å². The van der Waals surface area contributed by atoms with Gasteiger partial charge in [0.05, 0.1) is 18.3 Å². The summed E-state index contributed by atoms with van der Waals surface area (Å²) in [6.07, 6.45) is 6.89. The zero-order chi connectivity index (χ0) is 16.4. The van der Waals surface area contributed by atoms with Gasteiger partial charge in [-0.1, -0.05) is 0 Å². The summed E-state index contributed by atoms with van der Waals surface area (Å²) in [5, 5.41) is 16.9. The van der Waals surface area contributed by atoms with Gasteiger partial charge in [0.1, 0.15) is 0 Å². The fourth-order valence-corrected chi connectivity index (χ4v) is 3.35. The average molecular weight is 331 g/mol. The zero-order valence-electron chi connectivity index (χ0n) is 13.3. The molecule has 6 heteroatoms. The first-order chi connectivity index (χ1) is 11.1. The lowest BCUT2D eigenvalue weighted by Crippen LogP contribution is -2.41. The number of benzene rings is 1. The molecule has 1 saturated carbocycles. The third kappa shape index (κ3) is 3.59. The summed E-state index contributed by atoms with van der Waals surface area (Å²) < 4.78 is 1.73. The molecule has 2 aromatic rings. The van der Waals surface area contributed by atoms with E-state index in [2.05, 4.69) is 10.4 Å². The summed E-state index contributed by atoms with van der Waals surface area (Å²) in [6, 6.07) is 7.48. The Kier molecular flexibility index (Phi) is 4.73. The highest BCUT2D eigenvalue weighted by Crippen LogP contribution is 2.38. The number of nitrogens with zero attached hydrogens (tertiary/aromatic N) is 2. The van der Waals surface area contributed by atoms with Crippen molar-refractivity contribution in [2.75, 3.05) is 6.26 Å². The number of aliphatic hydroxyl groups is 1. The molecule has 0 radical (unpaired) electrons. The molecule has 1 aliphatic rings. The van der Waals surface area contributed by atoms with Gasteiger partial charge in [0.25, 0.3) is 5.91 Å². The molecule has 1 amide bonds. The molecule has 122 valence electrons. The molecule has 1 aliphatic carbocycles. The molecule has 1 heterocycles. The van der Waals surface area contributed by atoms with Gasteiger partial charge in [-0.25, -0.2) is 0 Å². The summed E-state index contributed by atoms with van der Waals surface area (Å²) >= 11 is 1.65. The van der Waals surface area contributed by atoms with E-state index in [0.717, 1.165) is 10.5 Å². The molecule has 1 aromatic heterocycles. The zero-order valence-corrected chi connectivity index (χ0v) is 14.1. The predicted octanol–water partition coefficient (Wildman–Crippen LogP) is 2.38. The molecular weight excluding hydrogens is 310 g/mol. The highest BCUT2D eigenvalue weighted by molar-refractivity contribution is 7.98. The van der Waals surface area contributed by atoms with Crippen molar-refractivity contribution in [3.8, 4) is 0 Å². The molecule has 2 N–H and O–H groups in total. The summed E-state index contributed by atoms with van der Waals surface area (Å²) in [5.74, 6) is 0.163. The first kappa shape index (κ1) is 16.1. The predicted molar refractivity (Wildman–Crippen MR) is 90.4 cm³/mol. The van der Waals surface area contributed by atoms with E-state index < -0.39 is 0 Å². The van der Waals surface area contributed by atoms with Crippen LogP contribution >= 0.6 is 11.8 Å². The van der Waals surface area contributed by atoms with E-state index in [0.29, 0.717) is 18.4 Å². The van der Waals surface area contributed by atoms with Gasteiger partial charge in [0, 0.05) is 29.3 Å². The highest BCUT2D eigenvalue weighted by atomic mass is 32.2. The number of aliphatic hydroxyl groups excluding tert-OH is 1. The normalized spacial score (nSPS) is 21.5. The lowest BCUT2D eigenvalue weighted by molar-refractivity contribution is 0.0235. The van der Waals surface area contributed by atoms with Crippen LogP contribution in [-0.4, -0.2) is 33.2 Å². The molecule has 0 saturated heterocycles. The molecule has 0 bridgehead atoms. The van der Waals surface area contributed by atoms with Gasteiger partial charge in [-0.05, 0) is 49.3 Å². The number of aryl methyl sites for hydroxylation is 1.